The summed E-state index contributed by atoms with van der Waals surface area (Å²) < 4.78 is 12.9. The fraction of sp³-hybridized carbons (Fsp3) is 0.529. The van der Waals surface area contributed by atoms with E-state index in [4.69, 9.17) is 4.84 Å². The molecular formula is C17H21FN2O2. The topological polar surface area (TPSA) is 50.7 Å². The van der Waals surface area contributed by atoms with Crippen molar-refractivity contribution in [2.24, 2.45) is 11.1 Å². The Bertz CT molecular complexity index is 571. The summed E-state index contributed by atoms with van der Waals surface area (Å²) in [5.74, 6) is 0.125. The van der Waals surface area contributed by atoms with Gasteiger partial charge in [0.15, 0.2) is 0 Å². The van der Waals surface area contributed by atoms with Gasteiger partial charge in [0.05, 0.1) is 5.71 Å². The second-order valence-corrected chi connectivity index (χ2v) is 6.22. The maximum Gasteiger partial charge on any atom is 0.264 e. The second kappa shape index (κ2) is 6.46. The van der Waals surface area contributed by atoms with Crippen LogP contribution >= 0.6 is 0 Å². The maximum absolute atomic E-state index is 12.9. The number of halogens is 1. The minimum Gasteiger partial charge on any atom is -0.382 e. The third-order valence-corrected chi connectivity index (χ3v) is 4.58. The molecule has 4 nitrogen and oxygen atoms in total. The molecule has 118 valence electrons. The fourth-order valence-electron chi connectivity index (χ4n) is 3.14. The Hall–Kier alpha value is -1.91. The molecule has 1 amide bonds. The Morgan fingerprint density at radius 2 is 2.00 bits per heavy atom. The molecule has 1 fully saturated rings. The Labute approximate surface area is 129 Å². The lowest BCUT2D eigenvalue weighted by atomic mass is 9.86. The van der Waals surface area contributed by atoms with Crippen LogP contribution < -0.4 is 5.32 Å². The largest absolute Gasteiger partial charge is 0.382 e. The molecule has 1 heterocycles. The summed E-state index contributed by atoms with van der Waals surface area (Å²) in [6, 6.07) is 6.31. The van der Waals surface area contributed by atoms with Crippen molar-refractivity contribution in [2.75, 3.05) is 0 Å². The summed E-state index contributed by atoms with van der Waals surface area (Å²) in [5, 5.41) is 7.08. The lowest BCUT2D eigenvalue weighted by Gasteiger charge is -2.30. The van der Waals surface area contributed by atoms with Crippen molar-refractivity contribution in [3.8, 4) is 0 Å². The van der Waals surface area contributed by atoms with Crippen molar-refractivity contribution >= 4 is 11.6 Å². The maximum atomic E-state index is 12.9. The number of nitrogens with one attached hydrogen (secondary N) is 1. The van der Waals surface area contributed by atoms with Crippen molar-refractivity contribution < 1.29 is 14.0 Å². The average molecular weight is 304 g/mol. The first-order valence-corrected chi connectivity index (χ1v) is 7.92. The van der Waals surface area contributed by atoms with Gasteiger partial charge in [-0.3, -0.25) is 4.79 Å². The summed E-state index contributed by atoms with van der Waals surface area (Å²) in [4.78, 5) is 17.6. The van der Waals surface area contributed by atoms with E-state index in [2.05, 4.69) is 17.4 Å². The molecule has 3 atom stereocenters. The van der Waals surface area contributed by atoms with Crippen LogP contribution in [0.4, 0.5) is 4.39 Å². The molecule has 1 N–H and O–H groups in total. The molecular weight excluding hydrogens is 283 g/mol. The number of rotatable bonds is 3. The first-order chi connectivity index (χ1) is 10.6. The van der Waals surface area contributed by atoms with Gasteiger partial charge in [-0.1, -0.05) is 37.1 Å². The highest BCUT2D eigenvalue weighted by molar-refractivity contribution is 6.04. The van der Waals surface area contributed by atoms with E-state index in [9.17, 15) is 9.18 Å². The third-order valence-electron chi connectivity index (χ3n) is 4.58. The van der Waals surface area contributed by atoms with Crippen LogP contribution in [0, 0.1) is 11.7 Å². The van der Waals surface area contributed by atoms with Crippen molar-refractivity contribution in [3.63, 3.8) is 0 Å². The number of carbonyl (C=O) groups is 1. The van der Waals surface area contributed by atoms with Crippen LogP contribution in [0.3, 0.4) is 0 Å². The van der Waals surface area contributed by atoms with Crippen LogP contribution in [0.25, 0.3) is 0 Å². The van der Waals surface area contributed by atoms with Crippen LogP contribution in [-0.4, -0.2) is 23.8 Å². The summed E-state index contributed by atoms with van der Waals surface area (Å²) in [5.41, 5.74) is 1.49. The summed E-state index contributed by atoms with van der Waals surface area (Å²) in [6.07, 6.45) is 4.45. The zero-order chi connectivity index (χ0) is 15.5. The number of amides is 1. The van der Waals surface area contributed by atoms with Gasteiger partial charge in [-0.25, -0.2) is 4.39 Å². The van der Waals surface area contributed by atoms with Gasteiger partial charge in [0, 0.05) is 12.5 Å². The quantitative estimate of drug-likeness (QED) is 0.933. The van der Waals surface area contributed by atoms with Gasteiger partial charge in [-0.15, -0.1) is 0 Å². The monoisotopic (exact) mass is 304 g/mol. The van der Waals surface area contributed by atoms with Crippen LogP contribution in [0.1, 0.15) is 44.6 Å². The molecule has 0 bridgehead atoms. The lowest BCUT2D eigenvalue weighted by molar-refractivity contribution is -0.132. The number of hydrogen-bond donors (Lipinski definition) is 1. The van der Waals surface area contributed by atoms with Gasteiger partial charge in [0.25, 0.3) is 5.91 Å². The van der Waals surface area contributed by atoms with Gasteiger partial charge >= 0.3 is 0 Å². The molecule has 1 aliphatic carbocycles. The first kappa shape index (κ1) is 15.0. The summed E-state index contributed by atoms with van der Waals surface area (Å²) in [6.45, 7) is 2.18. The predicted molar refractivity (Wildman–Crippen MR) is 82.0 cm³/mol. The van der Waals surface area contributed by atoms with E-state index in [1.54, 1.807) is 12.1 Å². The van der Waals surface area contributed by atoms with Gasteiger partial charge in [-0.05, 0) is 36.5 Å². The average Bonchev–Trinajstić information content (AvgIpc) is 3.00. The zero-order valence-corrected chi connectivity index (χ0v) is 12.7. The van der Waals surface area contributed by atoms with E-state index in [0.717, 1.165) is 24.8 Å². The van der Waals surface area contributed by atoms with E-state index in [1.165, 1.54) is 18.6 Å². The van der Waals surface area contributed by atoms with E-state index in [0.29, 0.717) is 18.1 Å². The molecule has 3 rings (SSSR count). The molecule has 0 spiro atoms. The van der Waals surface area contributed by atoms with Gasteiger partial charge < -0.3 is 10.2 Å². The number of hydrogen-bond acceptors (Lipinski definition) is 3. The molecule has 1 aromatic rings. The Morgan fingerprint density at radius 1 is 1.27 bits per heavy atom. The Kier molecular flexibility index (Phi) is 4.41. The minimum absolute atomic E-state index is 0.0976. The van der Waals surface area contributed by atoms with E-state index in [-0.39, 0.29) is 17.8 Å². The molecule has 1 saturated carbocycles. The number of benzene rings is 1. The van der Waals surface area contributed by atoms with Crippen LogP contribution in [0.5, 0.6) is 0 Å². The molecule has 2 aliphatic rings. The normalized spacial score (nSPS) is 27.9. The highest BCUT2D eigenvalue weighted by Crippen LogP contribution is 2.24. The molecule has 0 aromatic heterocycles. The van der Waals surface area contributed by atoms with E-state index in [1.807, 2.05) is 0 Å². The molecule has 0 saturated heterocycles. The molecule has 1 aliphatic heterocycles. The van der Waals surface area contributed by atoms with E-state index >= 15 is 0 Å². The van der Waals surface area contributed by atoms with Crippen molar-refractivity contribution in [1.29, 1.82) is 0 Å². The highest BCUT2D eigenvalue weighted by atomic mass is 19.1. The molecule has 1 aromatic carbocycles. The second-order valence-electron chi connectivity index (χ2n) is 6.22. The lowest BCUT2D eigenvalue weighted by Crippen LogP contribution is -2.45. The Balaban J connectivity index is 1.56. The van der Waals surface area contributed by atoms with Gasteiger partial charge in [0.2, 0.25) is 6.10 Å². The molecule has 0 radical (unpaired) electrons. The van der Waals surface area contributed by atoms with Crippen LogP contribution in [-0.2, 0) is 9.63 Å². The SMILES string of the molecule is CC1CCCCC1NC(=O)C1CC(c2ccc(F)cc2)=NO1. The first-order valence-electron chi connectivity index (χ1n) is 7.92. The minimum atomic E-state index is -0.575. The van der Waals surface area contributed by atoms with Crippen LogP contribution in [0.15, 0.2) is 29.4 Å². The van der Waals surface area contributed by atoms with Gasteiger partial charge in [-0.2, -0.15) is 0 Å². The predicted octanol–water partition coefficient (Wildman–Crippen LogP) is 3.01. The zero-order valence-electron chi connectivity index (χ0n) is 12.7. The highest BCUT2D eigenvalue weighted by Gasteiger charge is 2.32. The fourth-order valence-corrected chi connectivity index (χ4v) is 3.14. The number of carbonyl (C=O) groups excluding carboxylic acids is 1. The Morgan fingerprint density at radius 3 is 2.73 bits per heavy atom. The molecule has 22 heavy (non-hydrogen) atoms. The van der Waals surface area contributed by atoms with Gasteiger partial charge in [0.1, 0.15) is 5.82 Å². The molecule has 3 unspecified atom stereocenters. The third kappa shape index (κ3) is 3.29. The number of nitrogens with zero attached hydrogens (tertiary/aromatic N) is 1. The standard InChI is InChI=1S/C17H21FN2O2/c1-11-4-2-3-5-14(11)19-17(21)16-10-15(20-22-16)12-6-8-13(18)9-7-12/h6-9,11,14,16H,2-5,10H2,1H3,(H,19,21). The summed E-state index contributed by atoms with van der Waals surface area (Å²) >= 11 is 0. The summed E-state index contributed by atoms with van der Waals surface area (Å²) in [7, 11) is 0. The molecule has 5 heteroatoms. The van der Waals surface area contributed by atoms with Crippen molar-refractivity contribution in [2.45, 2.75) is 51.2 Å². The smallest absolute Gasteiger partial charge is 0.264 e. The van der Waals surface area contributed by atoms with E-state index < -0.39 is 6.10 Å². The van der Waals surface area contributed by atoms with Crippen molar-refractivity contribution in [1.82, 2.24) is 5.32 Å². The number of oxime groups is 1. The van der Waals surface area contributed by atoms with Crippen molar-refractivity contribution in [3.05, 3.63) is 35.6 Å². The van der Waals surface area contributed by atoms with Crippen LogP contribution in [0.2, 0.25) is 0 Å².